The number of hydrogen-bond acceptors (Lipinski definition) is 8. The van der Waals surface area contributed by atoms with Gasteiger partial charge in [-0.05, 0) is 71.4 Å². The Morgan fingerprint density at radius 1 is 1.19 bits per heavy atom. The van der Waals surface area contributed by atoms with E-state index < -0.39 is 11.7 Å². The molecule has 0 bridgehead atoms. The summed E-state index contributed by atoms with van der Waals surface area (Å²) >= 11 is 2.48. The maximum Gasteiger partial charge on any atom is 0.416 e. The molecular formula is C24H22F3N5O2S2. The van der Waals surface area contributed by atoms with Gasteiger partial charge in [0.05, 0.1) is 11.3 Å². The zero-order valence-electron chi connectivity index (χ0n) is 19.1. The summed E-state index contributed by atoms with van der Waals surface area (Å²) in [5.41, 5.74) is 4.98. The van der Waals surface area contributed by atoms with Crippen molar-refractivity contribution in [2.45, 2.75) is 36.4 Å². The van der Waals surface area contributed by atoms with Crippen molar-refractivity contribution in [1.29, 1.82) is 0 Å². The van der Waals surface area contributed by atoms with E-state index in [9.17, 15) is 18.4 Å². The average molecular weight is 534 g/mol. The van der Waals surface area contributed by atoms with Gasteiger partial charge in [-0.1, -0.05) is 6.07 Å². The molecule has 5 rings (SSSR count). The van der Waals surface area contributed by atoms with Gasteiger partial charge >= 0.3 is 6.18 Å². The van der Waals surface area contributed by atoms with Crippen molar-refractivity contribution in [2.24, 2.45) is 7.05 Å². The maximum atomic E-state index is 13.4. The van der Waals surface area contributed by atoms with Crippen LogP contribution in [0.5, 0.6) is 5.75 Å². The van der Waals surface area contributed by atoms with Crippen molar-refractivity contribution in [1.82, 2.24) is 19.3 Å². The van der Waals surface area contributed by atoms with Crippen molar-refractivity contribution < 1.29 is 23.1 Å². The summed E-state index contributed by atoms with van der Waals surface area (Å²) in [5, 5.41) is 16.7. The molecule has 4 aromatic rings. The van der Waals surface area contributed by atoms with Crippen LogP contribution in [0.3, 0.4) is 0 Å². The average Bonchev–Trinajstić information content (AvgIpc) is 3.50. The van der Waals surface area contributed by atoms with Crippen molar-refractivity contribution in [3.05, 3.63) is 76.9 Å². The molecule has 7 nitrogen and oxygen atoms in total. The van der Waals surface area contributed by atoms with Crippen LogP contribution in [0.1, 0.15) is 35.6 Å². The first-order chi connectivity index (χ1) is 17.3. The van der Waals surface area contributed by atoms with Gasteiger partial charge in [-0.2, -0.15) is 18.3 Å². The minimum atomic E-state index is -4.47. The topological polar surface area (TPSA) is 75.4 Å². The largest absolute Gasteiger partial charge is 0.485 e. The Morgan fingerprint density at radius 2 is 2.06 bits per heavy atom. The summed E-state index contributed by atoms with van der Waals surface area (Å²) in [6.45, 7) is 0. The highest BCUT2D eigenvalue weighted by Gasteiger charge is 2.32. The van der Waals surface area contributed by atoms with Gasteiger partial charge in [0.15, 0.2) is 5.13 Å². The number of nitrogens with zero attached hydrogens (tertiary/aromatic N) is 4. The van der Waals surface area contributed by atoms with Gasteiger partial charge < -0.3 is 4.74 Å². The van der Waals surface area contributed by atoms with Gasteiger partial charge in [0.2, 0.25) is 0 Å². The summed E-state index contributed by atoms with van der Waals surface area (Å²) in [7, 11) is 1.68. The number of rotatable bonds is 7. The number of hydrogen-bond donors (Lipinski definition) is 2. The molecule has 36 heavy (non-hydrogen) atoms. The minimum Gasteiger partial charge on any atom is -0.485 e. The van der Waals surface area contributed by atoms with E-state index in [2.05, 4.69) is 15.5 Å². The van der Waals surface area contributed by atoms with Crippen LogP contribution in [-0.4, -0.2) is 24.5 Å². The monoisotopic (exact) mass is 533 g/mol. The number of thiazole rings is 1. The van der Waals surface area contributed by atoms with Crippen LogP contribution in [-0.2, 0) is 19.6 Å². The first kappa shape index (κ1) is 24.6. The molecule has 2 heterocycles. The van der Waals surface area contributed by atoms with Crippen molar-refractivity contribution in [3.8, 4) is 17.0 Å². The van der Waals surface area contributed by atoms with Crippen LogP contribution < -0.4 is 10.2 Å². The lowest BCUT2D eigenvalue weighted by atomic mass is 9.89. The summed E-state index contributed by atoms with van der Waals surface area (Å²) in [6.07, 6.45) is 0.860. The van der Waals surface area contributed by atoms with E-state index in [0.29, 0.717) is 22.1 Å². The fraction of sp³-hybridized carbons (Fsp3) is 0.250. The van der Waals surface area contributed by atoms with Gasteiger partial charge in [-0.15, -0.1) is 11.3 Å². The lowest BCUT2D eigenvalue weighted by Gasteiger charge is -2.28. The molecule has 12 heteroatoms. The van der Waals surface area contributed by atoms with Gasteiger partial charge in [0.1, 0.15) is 11.9 Å². The van der Waals surface area contributed by atoms with E-state index in [-0.39, 0.29) is 6.10 Å². The van der Waals surface area contributed by atoms with Crippen molar-refractivity contribution >= 4 is 28.4 Å². The van der Waals surface area contributed by atoms with Gasteiger partial charge in [0, 0.05) is 47.2 Å². The Labute approximate surface area is 213 Å². The Bertz CT molecular complexity index is 1340. The molecule has 0 aliphatic heterocycles. The second-order valence-electron chi connectivity index (χ2n) is 8.22. The second-order valence-corrected chi connectivity index (χ2v) is 10.1. The summed E-state index contributed by atoms with van der Waals surface area (Å²) in [4.78, 5) is 4.90. The number of anilines is 1. The van der Waals surface area contributed by atoms with Crippen molar-refractivity contribution in [2.75, 3.05) is 5.43 Å². The van der Waals surface area contributed by atoms with Crippen molar-refractivity contribution in [3.63, 3.8) is 0 Å². The molecule has 0 radical (unpaired) electrons. The number of aryl methyl sites for hydroxylation is 2. The number of benzene rings is 2. The second kappa shape index (κ2) is 10.1. The smallest absolute Gasteiger partial charge is 0.416 e. The Kier molecular flexibility index (Phi) is 6.93. The van der Waals surface area contributed by atoms with Crippen LogP contribution in [0.4, 0.5) is 18.3 Å². The lowest BCUT2D eigenvalue weighted by molar-refractivity contribution is -0.137. The van der Waals surface area contributed by atoms with E-state index in [1.807, 2.05) is 18.2 Å². The Morgan fingerprint density at radius 3 is 2.78 bits per heavy atom. The number of hydrazine groups is 1. The number of aromatic nitrogens is 3. The lowest BCUT2D eigenvalue weighted by Crippen LogP contribution is -2.18. The molecule has 0 saturated carbocycles. The zero-order valence-corrected chi connectivity index (χ0v) is 20.7. The highest BCUT2D eigenvalue weighted by molar-refractivity contribution is 7.97. The molecule has 0 fully saturated rings. The summed E-state index contributed by atoms with van der Waals surface area (Å²) in [6, 6.07) is 11.0. The van der Waals surface area contributed by atoms with Crippen LogP contribution in [0.15, 0.2) is 65.1 Å². The highest BCUT2D eigenvalue weighted by Crippen LogP contribution is 2.41. The number of fused-ring (bicyclic) bond motifs is 1. The third kappa shape index (κ3) is 5.36. The van der Waals surface area contributed by atoms with Gasteiger partial charge in [-0.3, -0.25) is 15.3 Å². The quantitative estimate of drug-likeness (QED) is 0.201. The normalized spacial score (nSPS) is 15.7. The first-order valence-corrected chi connectivity index (χ1v) is 12.8. The number of nitrogens with one attached hydrogen (secondary N) is 1. The molecule has 0 amide bonds. The van der Waals surface area contributed by atoms with E-state index in [4.69, 9.17) is 4.74 Å². The summed E-state index contributed by atoms with van der Waals surface area (Å²) < 4.78 is 49.1. The molecule has 1 aliphatic rings. The predicted octanol–water partition coefficient (Wildman–Crippen LogP) is 6.74. The fourth-order valence-corrected chi connectivity index (χ4v) is 5.43. The van der Waals surface area contributed by atoms with Crippen LogP contribution in [0, 0.1) is 0 Å². The molecule has 0 saturated heterocycles. The van der Waals surface area contributed by atoms with Crippen LogP contribution >= 0.6 is 23.3 Å². The van der Waals surface area contributed by atoms with Gasteiger partial charge in [0.25, 0.3) is 0 Å². The molecule has 2 N–H and O–H groups in total. The molecule has 2 aromatic heterocycles. The molecular weight excluding hydrogens is 511 g/mol. The van der Waals surface area contributed by atoms with Crippen LogP contribution in [0.2, 0.25) is 0 Å². The molecule has 188 valence electrons. The van der Waals surface area contributed by atoms with E-state index in [1.54, 1.807) is 30.9 Å². The van der Waals surface area contributed by atoms with Gasteiger partial charge in [-0.25, -0.2) is 4.98 Å². The molecule has 0 spiro atoms. The fourth-order valence-electron chi connectivity index (χ4n) is 4.21. The molecule has 2 aromatic carbocycles. The summed E-state index contributed by atoms with van der Waals surface area (Å²) in [5.74, 6) is 0.372. The zero-order chi connectivity index (χ0) is 25.3. The highest BCUT2D eigenvalue weighted by atomic mass is 32.2. The number of alkyl halides is 3. The van der Waals surface area contributed by atoms with Crippen LogP contribution in [0.25, 0.3) is 11.3 Å². The molecule has 1 unspecified atom stereocenters. The molecule has 1 atom stereocenters. The first-order valence-electron chi connectivity index (χ1n) is 11.1. The third-order valence-corrected chi connectivity index (χ3v) is 7.27. The minimum absolute atomic E-state index is 0.310. The SMILES string of the molecule is Cn1nccc1-c1cc(C(F)(F)F)ccc1OC1CCCc2cc(SN(O)Nc3nccs3)ccc21. The Balaban J connectivity index is 1.39. The standard InChI is InChI=1S/C24H22F3N5O2S2/c1-31-20(9-10-29-31)19-14-16(24(25,26)27)5-8-22(19)34-21-4-2-3-15-13-17(6-7-18(15)21)36-32(33)30-23-28-11-12-35-23/h5-14,21,33H,2-4H2,1H3,(H,28,30). The maximum absolute atomic E-state index is 13.4. The number of ether oxygens (including phenoxy) is 1. The van der Waals surface area contributed by atoms with E-state index in [1.165, 1.54) is 22.1 Å². The van der Waals surface area contributed by atoms with E-state index >= 15 is 0 Å². The van der Waals surface area contributed by atoms with E-state index in [0.717, 1.165) is 63.9 Å². The predicted molar refractivity (Wildman–Crippen MR) is 132 cm³/mol. The number of halogens is 3. The molecule has 1 aliphatic carbocycles. The Hall–Kier alpha value is -3.06. The third-order valence-electron chi connectivity index (χ3n) is 5.86.